The van der Waals surface area contributed by atoms with Crippen LogP contribution in [-0.2, 0) is 20.7 Å². The van der Waals surface area contributed by atoms with Crippen LogP contribution in [-0.4, -0.2) is 35.5 Å². The van der Waals surface area contributed by atoms with Crippen molar-refractivity contribution in [2.75, 3.05) is 6.61 Å². The van der Waals surface area contributed by atoms with Crippen molar-refractivity contribution < 1.29 is 19.1 Å². The summed E-state index contributed by atoms with van der Waals surface area (Å²) >= 11 is 0. The second-order valence-electron chi connectivity index (χ2n) is 6.52. The SMILES string of the molecule is O=C(COC(=O)CCc1c[nH]c2ccccc12)NC(=O)NC1CCCC1. The normalized spacial score (nSPS) is 14.3. The molecule has 0 atom stereocenters. The third-order valence-corrected chi connectivity index (χ3v) is 4.58. The largest absolute Gasteiger partial charge is 0.456 e. The van der Waals surface area contributed by atoms with Crippen LogP contribution in [0.4, 0.5) is 4.79 Å². The van der Waals surface area contributed by atoms with Gasteiger partial charge in [-0.25, -0.2) is 4.79 Å². The maximum atomic E-state index is 11.8. The highest BCUT2D eigenvalue weighted by Gasteiger charge is 2.18. The fraction of sp³-hybridized carbons (Fsp3) is 0.421. The van der Waals surface area contributed by atoms with Gasteiger partial charge in [-0.15, -0.1) is 0 Å². The summed E-state index contributed by atoms with van der Waals surface area (Å²) in [5.41, 5.74) is 2.04. The number of amides is 3. The van der Waals surface area contributed by atoms with Crippen molar-refractivity contribution in [3.8, 4) is 0 Å². The summed E-state index contributed by atoms with van der Waals surface area (Å²) in [6, 6.07) is 7.44. The molecule has 138 valence electrons. The molecule has 0 spiro atoms. The molecule has 1 aromatic carbocycles. The van der Waals surface area contributed by atoms with Crippen LogP contribution in [0.5, 0.6) is 0 Å². The number of aromatic nitrogens is 1. The Bertz CT molecular complexity index is 793. The average molecular weight is 357 g/mol. The first-order valence-electron chi connectivity index (χ1n) is 8.93. The third kappa shape index (κ3) is 4.84. The Kier molecular flexibility index (Phi) is 5.88. The Morgan fingerprint density at radius 1 is 1.15 bits per heavy atom. The molecule has 7 nitrogen and oxygen atoms in total. The standard InChI is InChI=1S/C19H23N3O4/c23-17(22-19(25)21-14-5-1-2-6-14)12-26-18(24)10-9-13-11-20-16-8-4-3-7-15(13)16/h3-4,7-8,11,14,20H,1-2,5-6,9-10,12H2,(H2,21,22,23,25). The molecule has 26 heavy (non-hydrogen) atoms. The summed E-state index contributed by atoms with van der Waals surface area (Å²) in [6.45, 7) is -0.454. The number of hydrogen-bond donors (Lipinski definition) is 3. The van der Waals surface area contributed by atoms with Gasteiger partial charge >= 0.3 is 12.0 Å². The van der Waals surface area contributed by atoms with E-state index >= 15 is 0 Å². The number of fused-ring (bicyclic) bond motifs is 1. The zero-order chi connectivity index (χ0) is 18.4. The van der Waals surface area contributed by atoms with E-state index in [2.05, 4.69) is 15.6 Å². The molecule has 0 saturated heterocycles. The molecule has 2 aromatic rings. The van der Waals surface area contributed by atoms with Gasteiger partial charge in [0.05, 0.1) is 0 Å². The number of carbonyl (C=O) groups excluding carboxylic acids is 3. The zero-order valence-corrected chi connectivity index (χ0v) is 14.5. The number of para-hydroxylation sites is 1. The monoisotopic (exact) mass is 357 g/mol. The van der Waals surface area contributed by atoms with Crippen LogP contribution in [0.2, 0.25) is 0 Å². The summed E-state index contributed by atoms with van der Waals surface area (Å²) in [4.78, 5) is 38.3. The van der Waals surface area contributed by atoms with Gasteiger partial charge in [0.1, 0.15) is 0 Å². The lowest BCUT2D eigenvalue weighted by molar-refractivity contribution is -0.148. The summed E-state index contributed by atoms with van der Waals surface area (Å²) in [5, 5.41) is 6.00. The molecule has 0 aliphatic heterocycles. The quantitative estimate of drug-likeness (QED) is 0.691. The number of H-pyrrole nitrogens is 1. The highest BCUT2D eigenvalue weighted by Crippen LogP contribution is 2.19. The Morgan fingerprint density at radius 2 is 1.92 bits per heavy atom. The van der Waals surface area contributed by atoms with E-state index < -0.39 is 24.5 Å². The van der Waals surface area contributed by atoms with E-state index in [0.717, 1.165) is 42.1 Å². The lowest BCUT2D eigenvalue weighted by Crippen LogP contribution is -2.45. The number of carbonyl (C=O) groups is 3. The fourth-order valence-electron chi connectivity index (χ4n) is 3.25. The molecule has 3 rings (SSSR count). The van der Waals surface area contributed by atoms with E-state index in [0.29, 0.717) is 6.42 Å². The molecule has 1 aromatic heterocycles. The van der Waals surface area contributed by atoms with Gasteiger partial charge in [0.2, 0.25) is 0 Å². The van der Waals surface area contributed by atoms with Gasteiger partial charge < -0.3 is 15.0 Å². The van der Waals surface area contributed by atoms with E-state index in [1.165, 1.54) is 0 Å². The first-order valence-corrected chi connectivity index (χ1v) is 8.93. The number of hydrogen-bond acceptors (Lipinski definition) is 4. The Hall–Kier alpha value is -2.83. The number of esters is 1. The van der Waals surface area contributed by atoms with Crippen LogP contribution in [0.15, 0.2) is 30.5 Å². The number of rotatable bonds is 6. The van der Waals surface area contributed by atoms with Crippen LogP contribution in [0, 0.1) is 0 Å². The van der Waals surface area contributed by atoms with Gasteiger partial charge in [-0.05, 0) is 30.9 Å². The van der Waals surface area contributed by atoms with Crippen LogP contribution in [0.1, 0.15) is 37.7 Å². The number of nitrogens with one attached hydrogen (secondary N) is 3. The smallest absolute Gasteiger partial charge is 0.321 e. The van der Waals surface area contributed by atoms with Gasteiger partial charge in [0.15, 0.2) is 6.61 Å². The minimum Gasteiger partial charge on any atom is -0.456 e. The van der Waals surface area contributed by atoms with Gasteiger partial charge in [0, 0.05) is 29.6 Å². The minimum absolute atomic E-state index is 0.126. The molecule has 1 heterocycles. The van der Waals surface area contributed by atoms with E-state index in [9.17, 15) is 14.4 Å². The number of aryl methyl sites for hydroxylation is 1. The lowest BCUT2D eigenvalue weighted by atomic mass is 10.1. The maximum absolute atomic E-state index is 11.8. The fourth-order valence-corrected chi connectivity index (χ4v) is 3.25. The predicted octanol–water partition coefficient (Wildman–Crippen LogP) is 2.41. The van der Waals surface area contributed by atoms with Gasteiger partial charge in [0.25, 0.3) is 5.91 Å². The van der Waals surface area contributed by atoms with E-state index in [4.69, 9.17) is 4.74 Å². The summed E-state index contributed by atoms with van der Waals surface area (Å²) in [6.07, 6.45) is 6.61. The predicted molar refractivity (Wildman–Crippen MR) is 96.5 cm³/mol. The Labute approximate surface area is 151 Å². The highest BCUT2D eigenvalue weighted by molar-refractivity contribution is 5.95. The van der Waals surface area contributed by atoms with Crippen molar-refractivity contribution in [2.45, 2.75) is 44.6 Å². The molecule has 7 heteroatoms. The average Bonchev–Trinajstić information content (AvgIpc) is 3.27. The minimum atomic E-state index is -0.624. The summed E-state index contributed by atoms with van der Waals surface area (Å²) in [7, 11) is 0. The van der Waals surface area contributed by atoms with Crippen LogP contribution in [0.25, 0.3) is 10.9 Å². The van der Waals surface area contributed by atoms with Gasteiger partial charge in [-0.3, -0.25) is 14.9 Å². The second kappa shape index (κ2) is 8.51. The number of imide groups is 1. The zero-order valence-electron chi connectivity index (χ0n) is 14.5. The van der Waals surface area contributed by atoms with E-state index in [1.54, 1.807) is 0 Å². The number of aromatic amines is 1. The first-order chi connectivity index (χ1) is 12.6. The molecule has 1 fully saturated rings. The van der Waals surface area contributed by atoms with E-state index in [-0.39, 0.29) is 12.5 Å². The van der Waals surface area contributed by atoms with Crippen molar-refractivity contribution >= 4 is 28.8 Å². The van der Waals surface area contributed by atoms with Crippen LogP contribution >= 0.6 is 0 Å². The molecule has 1 aliphatic carbocycles. The number of ether oxygens (including phenoxy) is 1. The Morgan fingerprint density at radius 3 is 2.73 bits per heavy atom. The molecular weight excluding hydrogens is 334 g/mol. The topological polar surface area (TPSA) is 100 Å². The van der Waals surface area contributed by atoms with Crippen molar-refractivity contribution in [2.24, 2.45) is 0 Å². The van der Waals surface area contributed by atoms with Crippen molar-refractivity contribution in [1.82, 2.24) is 15.6 Å². The molecule has 1 aliphatic rings. The lowest BCUT2D eigenvalue weighted by Gasteiger charge is -2.12. The first kappa shape index (κ1) is 18.0. The number of benzene rings is 1. The van der Waals surface area contributed by atoms with Crippen LogP contribution < -0.4 is 10.6 Å². The van der Waals surface area contributed by atoms with Gasteiger partial charge in [-0.1, -0.05) is 31.0 Å². The molecular formula is C19H23N3O4. The molecule has 0 bridgehead atoms. The molecule has 0 unspecified atom stereocenters. The molecule has 1 saturated carbocycles. The molecule has 3 N–H and O–H groups in total. The maximum Gasteiger partial charge on any atom is 0.321 e. The highest BCUT2D eigenvalue weighted by atomic mass is 16.5. The molecule has 0 radical (unpaired) electrons. The third-order valence-electron chi connectivity index (χ3n) is 4.58. The number of urea groups is 1. The summed E-state index contributed by atoms with van der Waals surface area (Å²) in [5.74, 6) is -1.09. The van der Waals surface area contributed by atoms with Crippen LogP contribution in [0.3, 0.4) is 0 Å². The van der Waals surface area contributed by atoms with E-state index in [1.807, 2.05) is 30.5 Å². The molecule has 3 amide bonds. The van der Waals surface area contributed by atoms with Crippen molar-refractivity contribution in [3.63, 3.8) is 0 Å². The van der Waals surface area contributed by atoms with Crippen molar-refractivity contribution in [1.29, 1.82) is 0 Å². The summed E-state index contributed by atoms with van der Waals surface area (Å²) < 4.78 is 4.94. The van der Waals surface area contributed by atoms with Gasteiger partial charge in [-0.2, -0.15) is 0 Å². The Balaban J connectivity index is 1.36. The second-order valence-corrected chi connectivity index (χ2v) is 6.52. The van der Waals surface area contributed by atoms with Crippen molar-refractivity contribution in [3.05, 3.63) is 36.0 Å².